The number of benzene rings is 2. The van der Waals surface area contributed by atoms with Crippen LogP contribution < -0.4 is 5.32 Å². The number of amides is 3. The fraction of sp³-hybridized carbons (Fsp3) is 0.400. The van der Waals surface area contributed by atoms with Crippen molar-refractivity contribution in [2.75, 3.05) is 13.1 Å². The Kier molecular flexibility index (Phi) is 7.52. The molecular formula is C25H24F6N2O3. The molecule has 1 atom stereocenters. The number of hydrogen-bond acceptors (Lipinski definition) is 3. The van der Waals surface area contributed by atoms with Crippen LogP contribution in [0.4, 0.5) is 26.3 Å². The summed E-state index contributed by atoms with van der Waals surface area (Å²) >= 11 is 0. The van der Waals surface area contributed by atoms with Gasteiger partial charge < -0.3 is 4.90 Å². The zero-order valence-electron chi connectivity index (χ0n) is 19.5. The van der Waals surface area contributed by atoms with E-state index in [1.165, 1.54) is 0 Å². The minimum atomic E-state index is -5.08. The van der Waals surface area contributed by atoms with E-state index in [0.29, 0.717) is 17.7 Å². The van der Waals surface area contributed by atoms with Gasteiger partial charge in [-0.3, -0.25) is 19.7 Å². The molecule has 11 heteroatoms. The van der Waals surface area contributed by atoms with Crippen molar-refractivity contribution in [3.63, 3.8) is 0 Å². The number of alkyl halides is 6. The normalized spacial score (nSPS) is 19.6. The van der Waals surface area contributed by atoms with Crippen LogP contribution in [0, 0.1) is 5.41 Å². The summed E-state index contributed by atoms with van der Waals surface area (Å²) < 4.78 is 78.9. The molecule has 0 aliphatic carbocycles. The quantitative estimate of drug-likeness (QED) is 0.431. The third kappa shape index (κ3) is 5.10. The van der Waals surface area contributed by atoms with E-state index in [0.717, 1.165) is 4.90 Å². The first-order chi connectivity index (χ1) is 16.8. The zero-order chi connectivity index (χ0) is 26.9. The second-order valence-corrected chi connectivity index (χ2v) is 8.40. The van der Waals surface area contributed by atoms with Crippen LogP contribution in [0.2, 0.25) is 0 Å². The first-order valence-electron chi connectivity index (χ1n) is 11.3. The van der Waals surface area contributed by atoms with Gasteiger partial charge in [-0.25, -0.2) is 0 Å². The van der Waals surface area contributed by atoms with Crippen molar-refractivity contribution in [3.8, 4) is 0 Å². The maximum absolute atomic E-state index is 13.2. The third-order valence-electron chi connectivity index (χ3n) is 6.41. The lowest BCUT2D eigenvalue weighted by Crippen LogP contribution is -2.48. The van der Waals surface area contributed by atoms with Crippen molar-refractivity contribution in [1.82, 2.24) is 10.2 Å². The maximum Gasteiger partial charge on any atom is 0.416 e. The van der Waals surface area contributed by atoms with Crippen LogP contribution in [0.5, 0.6) is 0 Å². The second kappa shape index (κ2) is 9.94. The van der Waals surface area contributed by atoms with E-state index in [2.05, 4.69) is 5.32 Å². The molecule has 2 aliphatic rings. The van der Waals surface area contributed by atoms with Gasteiger partial charge in [-0.1, -0.05) is 44.2 Å². The van der Waals surface area contributed by atoms with Crippen LogP contribution in [0.15, 0.2) is 48.5 Å². The Morgan fingerprint density at radius 1 is 0.889 bits per heavy atom. The van der Waals surface area contributed by atoms with Crippen molar-refractivity contribution in [1.29, 1.82) is 0 Å². The molecule has 36 heavy (non-hydrogen) atoms. The van der Waals surface area contributed by atoms with E-state index in [1.54, 1.807) is 30.3 Å². The molecule has 2 fully saturated rings. The Balaban J connectivity index is 0.00000176. The van der Waals surface area contributed by atoms with Crippen molar-refractivity contribution in [2.24, 2.45) is 5.41 Å². The number of nitrogens with zero attached hydrogens (tertiary/aromatic N) is 1. The first kappa shape index (κ1) is 27.2. The molecule has 5 nitrogen and oxygen atoms in total. The number of nitrogens with one attached hydrogen (secondary N) is 1. The lowest BCUT2D eigenvalue weighted by molar-refractivity contribution is -0.143. The summed E-state index contributed by atoms with van der Waals surface area (Å²) in [5.74, 6) is -2.79. The van der Waals surface area contributed by atoms with Crippen molar-refractivity contribution in [2.45, 2.75) is 45.0 Å². The van der Waals surface area contributed by atoms with Crippen LogP contribution >= 0.6 is 0 Å². The molecule has 0 aromatic heterocycles. The molecule has 2 aromatic rings. The van der Waals surface area contributed by atoms with Gasteiger partial charge >= 0.3 is 12.4 Å². The summed E-state index contributed by atoms with van der Waals surface area (Å²) in [6, 6.07) is 9.30. The number of piperidine rings is 1. The Morgan fingerprint density at radius 3 is 1.86 bits per heavy atom. The van der Waals surface area contributed by atoms with Gasteiger partial charge in [0.1, 0.15) is 0 Å². The minimum absolute atomic E-state index is 0.0287. The zero-order valence-corrected chi connectivity index (χ0v) is 19.5. The van der Waals surface area contributed by atoms with E-state index in [4.69, 9.17) is 0 Å². The molecule has 2 aromatic carbocycles. The highest BCUT2D eigenvalue weighted by atomic mass is 19.4. The third-order valence-corrected chi connectivity index (χ3v) is 6.41. The summed E-state index contributed by atoms with van der Waals surface area (Å²) in [6.07, 6.45) is -10.1. The predicted molar refractivity (Wildman–Crippen MR) is 118 cm³/mol. The lowest BCUT2D eigenvalue weighted by Gasteiger charge is -2.40. The first-order valence-corrected chi connectivity index (χ1v) is 11.3. The highest BCUT2D eigenvalue weighted by Gasteiger charge is 2.56. The highest BCUT2D eigenvalue weighted by molar-refractivity contribution is 6.10. The van der Waals surface area contributed by atoms with Gasteiger partial charge in [0.25, 0.3) is 5.91 Å². The van der Waals surface area contributed by atoms with Gasteiger partial charge in [-0.05, 0) is 36.6 Å². The highest BCUT2D eigenvalue weighted by Crippen LogP contribution is 2.48. The van der Waals surface area contributed by atoms with Crippen LogP contribution in [-0.4, -0.2) is 35.7 Å². The molecule has 2 aliphatic heterocycles. The molecule has 0 saturated carbocycles. The SMILES string of the molecule is CC.O=C1NC(=O)C2(CCN(C(=O)c3cc(C(F)(F)F)cc(C(F)(F)F)c3)CC2)C1c1ccccc1. The molecular weight excluding hydrogens is 490 g/mol. The van der Waals surface area contributed by atoms with Crippen molar-refractivity contribution in [3.05, 3.63) is 70.8 Å². The van der Waals surface area contributed by atoms with E-state index in [1.807, 2.05) is 13.8 Å². The van der Waals surface area contributed by atoms with Crippen molar-refractivity contribution < 1.29 is 40.7 Å². The van der Waals surface area contributed by atoms with Crippen LogP contribution in [-0.2, 0) is 21.9 Å². The van der Waals surface area contributed by atoms with Crippen LogP contribution in [0.1, 0.15) is 59.7 Å². The topological polar surface area (TPSA) is 66.5 Å². The molecule has 1 spiro atoms. The number of carbonyl (C=O) groups is 3. The molecule has 3 amide bonds. The van der Waals surface area contributed by atoms with E-state index in [9.17, 15) is 40.7 Å². The van der Waals surface area contributed by atoms with Gasteiger partial charge in [0.15, 0.2) is 0 Å². The summed E-state index contributed by atoms with van der Waals surface area (Å²) in [6.45, 7) is 3.78. The molecule has 194 valence electrons. The number of likely N-dealkylation sites (tertiary alicyclic amines) is 1. The molecule has 2 saturated heterocycles. The summed E-state index contributed by atoms with van der Waals surface area (Å²) in [5, 5.41) is 2.32. The van der Waals surface area contributed by atoms with E-state index < -0.39 is 58.1 Å². The number of hydrogen-bond donors (Lipinski definition) is 1. The largest absolute Gasteiger partial charge is 0.416 e. The molecule has 2 heterocycles. The Labute approximate surface area is 203 Å². The molecule has 1 N–H and O–H groups in total. The van der Waals surface area contributed by atoms with Gasteiger partial charge in [0.05, 0.1) is 22.5 Å². The van der Waals surface area contributed by atoms with Crippen LogP contribution in [0.25, 0.3) is 0 Å². The number of imide groups is 1. The lowest BCUT2D eigenvalue weighted by atomic mass is 9.67. The van der Waals surface area contributed by atoms with Gasteiger partial charge in [0, 0.05) is 18.7 Å². The second-order valence-electron chi connectivity index (χ2n) is 8.40. The van der Waals surface area contributed by atoms with Gasteiger partial charge in [-0.2, -0.15) is 26.3 Å². The monoisotopic (exact) mass is 514 g/mol. The molecule has 4 rings (SSSR count). The summed E-state index contributed by atoms with van der Waals surface area (Å²) in [5.41, 5.74) is -4.45. The fourth-order valence-electron chi connectivity index (χ4n) is 4.69. The minimum Gasteiger partial charge on any atom is -0.339 e. The van der Waals surface area contributed by atoms with Crippen molar-refractivity contribution >= 4 is 17.7 Å². The Morgan fingerprint density at radius 2 is 1.39 bits per heavy atom. The standard InChI is InChI=1S/C23H18F6N2O3.C2H6/c24-22(25,26)15-10-14(11-16(12-15)23(27,28)29)19(33)31-8-6-21(7-9-31)17(18(32)30-20(21)34)13-4-2-1-3-5-13;1-2/h1-5,10-12,17H,6-9H2,(H,30,32,34);1-2H3. The smallest absolute Gasteiger partial charge is 0.339 e. The maximum atomic E-state index is 13.2. The summed E-state index contributed by atoms with van der Waals surface area (Å²) in [7, 11) is 0. The van der Waals surface area contributed by atoms with E-state index >= 15 is 0 Å². The van der Waals surface area contributed by atoms with Gasteiger partial charge in [-0.15, -0.1) is 0 Å². The molecule has 0 bridgehead atoms. The fourth-order valence-corrected chi connectivity index (χ4v) is 4.69. The van der Waals surface area contributed by atoms with E-state index in [-0.39, 0.29) is 32.0 Å². The number of rotatable bonds is 2. The summed E-state index contributed by atoms with van der Waals surface area (Å²) in [4.78, 5) is 39.2. The molecule has 1 unspecified atom stereocenters. The average molecular weight is 514 g/mol. The van der Waals surface area contributed by atoms with Crippen LogP contribution in [0.3, 0.4) is 0 Å². The number of carbonyl (C=O) groups excluding carboxylic acids is 3. The predicted octanol–water partition coefficient (Wildman–Crippen LogP) is 5.41. The Bertz CT molecular complexity index is 1100. The number of halogens is 6. The average Bonchev–Trinajstić information content (AvgIpc) is 3.08. The Hall–Kier alpha value is -3.37. The van der Waals surface area contributed by atoms with Gasteiger partial charge in [0.2, 0.25) is 11.8 Å². The molecule has 0 radical (unpaired) electrons.